The van der Waals surface area contributed by atoms with Gasteiger partial charge in [0.2, 0.25) is 14.4 Å². The number of carbonyl (C=O) groups is 2. The van der Waals surface area contributed by atoms with Crippen LogP contribution in [-0.4, -0.2) is 26.0 Å². The molecule has 0 bridgehead atoms. The maximum atomic E-state index is 11.4. The predicted molar refractivity (Wildman–Crippen MR) is 63.2 cm³/mol. The van der Waals surface area contributed by atoms with E-state index < -0.39 is 26.0 Å². The fraction of sp³-hybridized carbons (Fsp3) is 0.556. The van der Waals surface area contributed by atoms with Gasteiger partial charge >= 0.3 is 5.97 Å². The highest BCUT2D eigenvalue weighted by molar-refractivity contribution is 6.75. The minimum absolute atomic E-state index is 0.119. The summed E-state index contributed by atoms with van der Waals surface area (Å²) in [5, 5.41) is 0. The molecule has 16 heavy (non-hydrogen) atoms. The van der Waals surface area contributed by atoms with Crippen LogP contribution in [0.2, 0.25) is 0 Å². The Kier molecular flexibility index (Phi) is 3.32. The van der Waals surface area contributed by atoms with E-state index in [0.717, 1.165) is 0 Å². The average Bonchev–Trinajstić information content (AvgIpc) is 2.15. The summed E-state index contributed by atoms with van der Waals surface area (Å²) >= 11 is 22.9. The molecule has 0 atom stereocenters. The Bertz CT molecular complexity index is 368. The summed E-state index contributed by atoms with van der Waals surface area (Å²) < 4.78 is 1.04. The van der Waals surface area contributed by atoms with Gasteiger partial charge in [0.25, 0.3) is 0 Å². The summed E-state index contributed by atoms with van der Waals surface area (Å²) in [6.07, 6.45) is 0. The van der Waals surface area contributed by atoms with E-state index in [1.165, 1.54) is 13.8 Å². The monoisotopic (exact) mass is 304 g/mol. The number of alkyl halides is 4. The maximum Gasteiger partial charge on any atom is 0.333 e. The molecule has 0 heterocycles. The molecule has 1 saturated carbocycles. The van der Waals surface area contributed by atoms with Crippen molar-refractivity contribution >= 4 is 58.2 Å². The Morgan fingerprint density at radius 1 is 1.25 bits per heavy atom. The Morgan fingerprint density at radius 2 is 1.62 bits per heavy atom. The standard InChI is InChI=1S/C9H8Cl4O3/c1-4(2)5(14)16-7(3)8(10,11)6(15)9(7,12)13/h1H2,2-3H3. The quantitative estimate of drug-likeness (QED) is 0.447. The summed E-state index contributed by atoms with van der Waals surface area (Å²) in [7, 11) is 0. The number of esters is 1. The highest BCUT2D eigenvalue weighted by atomic mass is 35.5. The minimum atomic E-state index is -1.96. The van der Waals surface area contributed by atoms with Crippen molar-refractivity contribution < 1.29 is 14.3 Å². The first-order valence-electron chi connectivity index (χ1n) is 4.18. The number of halogens is 4. The van der Waals surface area contributed by atoms with Crippen LogP contribution in [0.5, 0.6) is 0 Å². The zero-order valence-electron chi connectivity index (χ0n) is 8.44. The van der Waals surface area contributed by atoms with Crippen LogP contribution in [-0.2, 0) is 14.3 Å². The normalized spacial score (nSPS) is 24.5. The third kappa shape index (κ3) is 1.57. The molecule has 0 aliphatic heterocycles. The van der Waals surface area contributed by atoms with Gasteiger partial charge in [0, 0.05) is 5.57 Å². The van der Waals surface area contributed by atoms with E-state index in [-0.39, 0.29) is 5.57 Å². The lowest BCUT2D eigenvalue weighted by Crippen LogP contribution is -2.78. The molecule has 0 radical (unpaired) electrons. The fourth-order valence-electron chi connectivity index (χ4n) is 1.17. The van der Waals surface area contributed by atoms with Crippen molar-refractivity contribution in [2.24, 2.45) is 0 Å². The molecular weight excluding hydrogens is 298 g/mol. The third-order valence-electron chi connectivity index (χ3n) is 2.41. The SMILES string of the molecule is C=C(C)C(=O)OC1(C)C(Cl)(Cl)C(=O)C1(Cl)Cl. The molecule has 0 amide bonds. The zero-order chi connectivity index (χ0) is 12.9. The molecule has 0 aromatic rings. The topological polar surface area (TPSA) is 43.4 Å². The molecule has 1 aliphatic carbocycles. The molecule has 0 aromatic heterocycles. The molecule has 3 nitrogen and oxygen atoms in total. The largest absolute Gasteiger partial charge is 0.449 e. The van der Waals surface area contributed by atoms with Crippen molar-refractivity contribution in [3.8, 4) is 0 Å². The van der Waals surface area contributed by atoms with E-state index >= 15 is 0 Å². The van der Waals surface area contributed by atoms with E-state index in [1.807, 2.05) is 0 Å². The summed E-state index contributed by atoms with van der Waals surface area (Å²) in [4.78, 5) is 22.8. The van der Waals surface area contributed by atoms with Crippen molar-refractivity contribution in [3.63, 3.8) is 0 Å². The van der Waals surface area contributed by atoms with Crippen molar-refractivity contribution in [1.82, 2.24) is 0 Å². The second-order valence-electron chi connectivity index (χ2n) is 3.68. The van der Waals surface area contributed by atoms with Crippen LogP contribution < -0.4 is 0 Å². The summed E-state index contributed by atoms with van der Waals surface area (Å²) in [5.41, 5.74) is -1.59. The van der Waals surface area contributed by atoms with Gasteiger partial charge in [-0.25, -0.2) is 4.79 Å². The van der Waals surface area contributed by atoms with Crippen molar-refractivity contribution in [2.45, 2.75) is 28.1 Å². The zero-order valence-corrected chi connectivity index (χ0v) is 11.5. The summed E-state index contributed by atoms with van der Waals surface area (Å²) in [6.45, 7) is 6.10. The lowest BCUT2D eigenvalue weighted by molar-refractivity contribution is -0.170. The van der Waals surface area contributed by atoms with Gasteiger partial charge in [0.05, 0.1) is 0 Å². The Hall–Kier alpha value is 0.0400. The Labute approximate surface area is 113 Å². The van der Waals surface area contributed by atoms with Gasteiger partial charge in [-0.05, 0) is 13.8 Å². The molecule has 0 unspecified atom stereocenters. The Balaban J connectivity index is 3.05. The number of hydrogen-bond donors (Lipinski definition) is 0. The van der Waals surface area contributed by atoms with Gasteiger partial charge in [0.15, 0.2) is 5.60 Å². The molecule has 0 N–H and O–H groups in total. The highest BCUT2D eigenvalue weighted by Gasteiger charge is 2.81. The number of Topliss-reactive ketones (excluding diaryl/α,β-unsaturated/α-hetero) is 1. The van der Waals surface area contributed by atoms with E-state index in [4.69, 9.17) is 51.1 Å². The lowest BCUT2D eigenvalue weighted by Gasteiger charge is -2.54. The van der Waals surface area contributed by atoms with Gasteiger partial charge in [-0.3, -0.25) is 4.79 Å². The van der Waals surface area contributed by atoms with Gasteiger partial charge in [-0.2, -0.15) is 0 Å². The first kappa shape index (κ1) is 14.1. The molecule has 0 spiro atoms. The van der Waals surface area contributed by atoms with Crippen LogP contribution in [0.4, 0.5) is 0 Å². The number of ketones is 1. The molecule has 90 valence electrons. The second-order valence-corrected chi connectivity index (χ2v) is 6.34. The Morgan fingerprint density at radius 3 is 1.94 bits per heavy atom. The van der Waals surface area contributed by atoms with Crippen molar-refractivity contribution in [1.29, 1.82) is 0 Å². The fourth-order valence-corrected chi connectivity index (χ4v) is 2.84. The highest BCUT2D eigenvalue weighted by Crippen LogP contribution is 2.61. The first-order valence-corrected chi connectivity index (χ1v) is 5.69. The van der Waals surface area contributed by atoms with Crippen LogP contribution in [0.25, 0.3) is 0 Å². The van der Waals surface area contributed by atoms with Gasteiger partial charge in [0.1, 0.15) is 0 Å². The maximum absolute atomic E-state index is 11.4. The second kappa shape index (κ2) is 3.77. The summed E-state index contributed by atoms with van der Waals surface area (Å²) in [6, 6.07) is 0. The molecular formula is C9H8Cl4O3. The van der Waals surface area contributed by atoms with Crippen molar-refractivity contribution in [3.05, 3.63) is 12.2 Å². The summed E-state index contributed by atoms with van der Waals surface area (Å²) in [5.74, 6) is -1.59. The minimum Gasteiger partial charge on any atom is -0.449 e. The average molecular weight is 306 g/mol. The van der Waals surface area contributed by atoms with E-state index in [0.29, 0.717) is 0 Å². The smallest absolute Gasteiger partial charge is 0.333 e. The van der Waals surface area contributed by atoms with Crippen molar-refractivity contribution in [2.75, 3.05) is 0 Å². The van der Waals surface area contributed by atoms with E-state index in [9.17, 15) is 9.59 Å². The van der Waals surface area contributed by atoms with Crippen LogP contribution in [0.3, 0.4) is 0 Å². The van der Waals surface area contributed by atoms with E-state index in [2.05, 4.69) is 6.58 Å². The van der Waals surface area contributed by atoms with Gasteiger partial charge in [-0.1, -0.05) is 53.0 Å². The predicted octanol–water partition coefficient (Wildman–Crippen LogP) is 2.79. The molecule has 1 fully saturated rings. The third-order valence-corrected chi connectivity index (χ3v) is 4.54. The number of carbonyl (C=O) groups excluding carboxylic acids is 2. The molecule has 0 aromatic carbocycles. The molecule has 7 heteroatoms. The van der Waals surface area contributed by atoms with E-state index in [1.54, 1.807) is 0 Å². The van der Waals surface area contributed by atoms with Crippen LogP contribution in [0.15, 0.2) is 12.2 Å². The van der Waals surface area contributed by atoms with Crippen LogP contribution in [0, 0.1) is 0 Å². The van der Waals surface area contributed by atoms with Gasteiger partial charge in [-0.15, -0.1) is 0 Å². The van der Waals surface area contributed by atoms with Crippen LogP contribution >= 0.6 is 46.4 Å². The van der Waals surface area contributed by atoms with Crippen LogP contribution in [0.1, 0.15) is 13.8 Å². The molecule has 0 saturated heterocycles. The number of ether oxygens (including phenoxy) is 1. The van der Waals surface area contributed by atoms with Gasteiger partial charge < -0.3 is 4.74 Å². The first-order chi connectivity index (χ1) is 6.98. The lowest BCUT2D eigenvalue weighted by atomic mass is 9.77. The molecule has 1 rings (SSSR count). The molecule has 1 aliphatic rings. The number of hydrogen-bond acceptors (Lipinski definition) is 3. The number of rotatable bonds is 2.